The molecule has 0 unspecified atom stereocenters. The standard InChI is InChI=1S/C22H35N3O/c1-18-5-4-6-22(20(18)3)25-15-13-23(14-16-25)10-7-21-8-11-24(12-9-21)17-19(2)26/h4-6,21H,7-17H2,1-3H3. The van der Waals surface area contributed by atoms with Gasteiger partial charge in [0, 0.05) is 31.9 Å². The molecule has 2 aliphatic heterocycles. The number of hydrogen-bond acceptors (Lipinski definition) is 4. The van der Waals surface area contributed by atoms with Crippen LogP contribution in [0.25, 0.3) is 0 Å². The number of hydrogen-bond donors (Lipinski definition) is 0. The van der Waals surface area contributed by atoms with Gasteiger partial charge in [-0.2, -0.15) is 0 Å². The Hall–Kier alpha value is -1.39. The maximum atomic E-state index is 11.2. The first kappa shape index (κ1) is 19.4. The van der Waals surface area contributed by atoms with E-state index in [-0.39, 0.29) is 0 Å². The Kier molecular flexibility index (Phi) is 6.71. The number of carbonyl (C=O) groups excluding carboxylic acids is 1. The summed E-state index contributed by atoms with van der Waals surface area (Å²) in [6, 6.07) is 6.66. The zero-order chi connectivity index (χ0) is 18.5. The van der Waals surface area contributed by atoms with Crippen molar-refractivity contribution in [3.8, 4) is 0 Å². The van der Waals surface area contributed by atoms with Crippen molar-refractivity contribution in [3.63, 3.8) is 0 Å². The van der Waals surface area contributed by atoms with Crippen molar-refractivity contribution in [2.75, 3.05) is 57.3 Å². The van der Waals surface area contributed by atoms with Crippen molar-refractivity contribution >= 4 is 11.5 Å². The first-order valence-electron chi connectivity index (χ1n) is 10.3. The fourth-order valence-electron chi connectivity index (χ4n) is 4.40. The molecule has 2 heterocycles. The van der Waals surface area contributed by atoms with Gasteiger partial charge in [-0.3, -0.25) is 14.6 Å². The number of aryl methyl sites for hydroxylation is 1. The van der Waals surface area contributed by atoms with Gasteiger partial charge in [0.2, 0.25) is 0 Å². The molecule has 2 saturated heterocycles. The van der Waals surface area contributed by atoms with Crippen molar-refractivity contribution in [2.24, 2.45) is 5.92 Å². The summed E-state index contributed by atoms with van der Waals surface area (Å²) in [7, 11) is 0. The molecule has 0 N–H and O–H groups in total. The summed E-state index contributed by atoms with van der Waals surface area (Å²) < 4.78 is 0. The predicted molar refractivity (Wildman–Crippen MR) is 109 cm³/mol. The third kappa shape index (κ3) is 5.08. The normalized spacial score (nSPS) is 20.5. The number of ketones is 1. The van der Waals surface area contributed by atoms with Crippen molar-refractivity contribution in [1.82, 2.24) is 9.80 Å². The van der Waals surface area contributed by atoms with E-state index in [4.69, 9.17) is 0 Å². The topological polar surface area (TPSA) is 26.8 Å². The fraction of sp³-hybridized carbons (Fsp3) is 0.682. The average molecular weight is 358 g/mol. The Bertz CT molecular complexity index is 599. The van der Waals surface area contributed by atoms with Gasteiger partial charge in [-0.1, -0.05) is 12.1 Å². The number of piperidine rings is 1. The highest BCUT2D eigenvalue weighted by Crippen LogP contribution is 2.25. The third-order valence-corrected chi connectivity index (χ3v) is 6.30. The molecule has 4 nitrogen and oxygen atoms in total. The van der Waals surface area contributed by atoms with Gasteiger partial charge in [-0.25, -0.2) is 0 Å². The first-order chi connectivity index (χ1) is 12.5. The van der Waals surface area contributed by atoms with Gasteiger partial charge in [0.15, 0.2) is 0 Å². The molecule has 0 atom stereocenters. The van der Waals surface area contributed by atoms with Crippen molar-refractivity contribution in [1.29, 1.82) is 0 Å². The number of likely N-dealkylation sites (tertiary alicyclic amines) is 1. The minimum absolute atomic E-state index is 0.296. The maximum absolute atomic E-state index is 11.2. The van der Waals surface area contributed by atoms with E-state index < -0.39 is 0 Å². The van der Waals surface area contributed by atoms with Crippen molar-refractivity contribution < 1.29 is 4.79 Å². The lowest BCUT2D eigenvalue weighted by Gasteiger charge is -2.38. The molecule has 0 saturated carbocycles. The van der Waals surface area contributed by atoms with Crippen LogP contribution in [0, 0.1) is 19.8 Å². The second-order valence-corrected chi connectivity index (χ2v) is 8.26. The largest absolute Gasteiger partial charge is 0.369 e. The number of carbonyl (C=O) groups is 1. The highest BCUT2D eigenvalue weighted by Gasteiger charge is 2.22. The number of anilines is 1. The number of benzene rings is 1. The number of nitrogens with zero attached hydrogens (tertiary/aromatic N) is 3. The zero-order valence-electron chi connectivity index (χ0n) is 16.8. The lowest BCUT2D eigenvalue weighted by molar-refractivity contribution is -0.118. The molecule has 26 heavy (non-hydrogen) atoms. The smallest absolute Gasteiger partial charge is 0.143 e. The Morgan fingerprint density at radius 1 is 1.00 bits per heavy atom. The quantitative estimate of drug-likeness (QED) is 0.782. The second kappa shape index (κ2) is 9.01. The van der Waals surface area contributed by atoms with Crippen molar-refractivity contribution in [2.45, 2.75) is 40.0 Å². The molecular formula is C22H35N3O. The number of piperazine rings is 1. The Morgan fingerprint density at radius 2 is 1.69 bits per heavy atom. The van der Waals surface area contributed by atoms with Crippen molar-refractivity contribution in [3.05, 3.63) is 29.3 Å². The molecule has 2 aliphatic rings. The predicted octanol–water partition coefficient (Wildman–Crippen LogP) is 3.12. The van der Waals surface area contributed by atoms with Crippen LogP contribution < -0.4 is 4.90 Å². The SMILES string of the molecule is CC(=O)CN1CCC(CCN2CCN(c3cccc(C)c3C)CC2)CC1. The van der Waals surface area contributed by atoms with Crippen LogP contribution in [-0.2, 0) is 4.79 Å². The average Bonchev–Trinajstić information content (AvgIpc) is 2.63. The van der Waals surface area contributed by atoms with Gasteiger partial charge in [0.05, 0.1) is 6.54 Å². The van der Waals surface area contributed by atoms with Crippen LogP contribution in [0.15, 0.2) is 18.2 Å². The van der Waals surface area contributed by atoms with E-state index in [0.29, 0.717) is 12.3 Å². The minimum atomic E-state index is 0.296. The molecule has 0 bridgehead atoms. The van der Waals surface area contributed by atoms with Gasteiger partial charge in [0.25, 0.3) is 0 Å². The van der Waals surface area contributed by atoms with E-state index in [0.717, 1.165) is 32.1 Å². The van der Waals surface area contributed by atoms with E-state index in [1.54, 1.807) is 6.92 Å². The number of Topliss-reactive ketones (excluding diaryl/α,β-unsaturated/α-hetero) is 1. The Balaban J connectivity index is 1.38. The molecule has 0 aliphatic carbocycles. The molecule has 1 aromatic carbocycles. The zero-order valence-corrected chi connectivity index (χ0v) is 16.8. The van der Waals surface area contributed by atoms with Crippen LogP contribution in [0.3, 0.4) is 0 Å². The minimum Gasteiger partial charge on any atom is -0.369 e. The lowest BCUT2D eigenvalue weighted by atomic mass is 9.93. The third-order valence-electron chi connectivity index (χ3n) is 6.30. The van der Waals surface area contributed by atoms with Crippen LogP contribution >= 0.6 is 0 Å². The number of rotatable bonds is 6. The summed E-state index contributed by atoms with van der Waals surface area (Å²) in [4.78, 5) is 18.8. The summed E-state index contributed by atoms with van der Waals surface area (Å²) in [5.74, 6) is 1.14. The molecule has 144 valence electrons. The monoisotopic (exact) mass is 357 g/mol. The molecule has 4 heteroatoms. The van der Waals surface area contributed by atoms with Crippen LogP contribution in [0.1, 0.15) is 37.3 Å². The molecule has 0 aromatic heterocycles. The first-order valence-corrected chi connectivity index (χ1v) is 10.3. The summed E-state index contributed by atoms with van der Waals surface area (Å²) >= 11 is 0. The summed E-state index contributed by atoms with van der Waals surface area (Å²) in [5, 5.41) is 0. The van der Waals surface area contributed by atoms with Gasteiger partial charge < -0.3 is 4.90 Å². The highest BCUT2D eigenvalue weighted by atomic mass is 16.1. The Morgan fingerprint density at radius 3 is 2.35 bits per heavy atom. The molecule has 0 radical (unpaired) electrons. The van der Waals surface area contributed by atoms with Crippen LogP contribution in [0.5, 0.6) is 0 Å². The fourth-order valence-corrected chi connectivity index (χ4v) is 4.40. The summed E-state index contributed by atoms with van der Waals surface area (Å²) in [5.41, 5.74) is 4.24. The van der Waals surface area contributed by atoms with Crippen LogP contribution in [-0.4, -0.2) is 67.9 Å². The van der Waals surface area contributed by atoms with E-state index in [1.165, 1.54) is 55.7 Å². The summed E-state index contributed by atoms with van der Waals surface area (Å²) in [6.07, 6.45) is 3.84. The molecule has 1 aromatic rings. The molecule has 2 fully saturated rings. The molecule has 0 spiro atoms. The van der Waals surface area contributed by atoms with Gasteiger partial charge in [-0.05, 0) is 82.8 Å². The highest BCUT2D eigenvalue weighted by molar-refractivity contribution is 5.77. The summed E-state index contributed by atoms with van der Waals surface area (Å²) in [6.45, 7) is 14.9. The van der Waals surface area contributed by atoms with E-state index in [2.05, 4.69) is 46.7 Å². The Labute approximate surface area is 159 Å². The van der Waals surface area contributed by atoms with E-state index in [1.807, 2.05) is 0 Å². The maximum Gasteiger partial charge on any atom is 0.143 e. The molecule has 0 amide bonds. The van der Waals surface area contributed by atoms with Gasteiger partial charge in [0.1, 0.15) is 5.78 Å². The lowest BCUT2D eigenvalue weighted by Crippen LogP contribution is -2.47. The van der Waals surface area contributed by atoms with E-state index in [9.17, 15) is 4.79 Å². The van der Waals surface area contributed by atoms with Gasteiger partial charge in [-0.15, -0.1) is 0 Å². The van der Waals surface area contributed by atoms with Crippen LogP contribution in [0.2, 0.25) is 0 Å². The molecule has 3 rings (SSSR count). The van der Waals surface area contributed by atoms with Crippen LogP contribution in [0.4, 0.5) is 5.69 Å². The molecular weight excluding hydrogens is 322 g/mol. The second-order valence-electron chi connectivity index (χ2n) is 8.26. The van der Waals surface area contributed by atoms with E-state index >= 15 is 0 Å². The van der Waals surface area contributed by atoms with Gasteiger partial charge >= 0.3 is 0 Å².